The number of aromatic nitrogens is 3. The quantitative estimate of drug-likeness (QED) is 0.185. The number of hydrogen-bond acceptors (Lipinski definition) is 8. The van der Waals surface area contributed by atoms with Gasteiger partial charge >= 0.3 is 0 Å². The van der Waals surface area contributed by atoms with E-state index in [1.54, 1.807) is 4.90 Å². The molecule has 0 aliphatic carbocycles. The van der Waals surface area contributed by atoms with Crippen LogP contribution in [0.25, 0.3) is 22.5 Å². The van der Waals surface area contributed by atoms with Gasteiger partial charge in [0.15, 0.2) is 0 Å². The van der Waals surface area contributed by atoms with Gasteiger partial charge < -0.3 is 29.2 Å². The Morgan fingerprint density at radius 1 is 0.826 bits per heavy atom. The van der Waals surface area contributed by atoms with Crippen molar-refractivity contribution in [3.05, 3.63) is 54.1 Å². The lowest BCUT2D eigenvalue weighted by Gasteiger charge is -2.28. The molecule has 0 atom stereocenters. The number of amides is 2. The van der Waals surface area contributed by atoms with Gasteiger partial charge in [-0.3, -0.25) is 9.59 Å². The molecule has 0 spiro atoms. The molecule has 1 N–H and O–H groups in total. The summed E-state index contributed by atoms with van der Waals surface area (Å²) >= 11 is 0. The van der Waals surface area contributed by atoms with Gasteiger partial charge in [-0.15, -0.1) is 5.10 Å². The first-order valence-corrected chi connectivity index (χ1v) is 16.4. The van der Waals surface area contributed by atoms with Crippen molar-refractivity contribution >= 4 is 17.5 Å². The van der Waals surface area contributed by atoms with Crippen molar-refractivity contribution < 1.29 is 28.5 Å². The Morgan fingerprint density at radius 2 is 1.48 bits per heavy atom. The first-order chi connectivity index (χ1) is 22.3. The fraction of sp³-hybridized carbons (Fsp3) is 0.543. The lowest BCUT2D eigenvalue weighted by molar-refractivity contribution is -0.121. The number of rotatable bonds is 19. The predicted molar refractivity (Wildman–Crippen MR) is 177 cm³/mol. The third-order valence-electron chi connectivity index (χ3n) is 7.57. The first-order valence-electron chi connectivity index (χ1n) is 16.4. The predicted octanol–water partition coefficient (Wildman–Crippen LogP) is 4.88. The molecule has 1 aliphatic rings. The number of nitrogens with zero attached hydrogens (tertiary/aromatic N) is 4. The molecule has 11 heteroatoms. The van der Waals surface area contributed by atoms with Crippen LogP contribution in [0.1, 0.15) is 52.5 Å². The van der Waals surface area contributed by atoms with Crippen molar-refractivity contribution in [3.8, 4) is 22.5 Å². The molecule has 0 unspecified atom stereocenters. The minimum Gasteiger partial charge on any atom is -0.377 e. The molecule has 3 aromatic rings. The van der Waals surface area contributed by atoms with Gasteiger partial charge in [0.25, 0.3) is 0 Å². The van der Waals surface area contributed by atoms with Crippen LogP contribution in [0.2, 0.25) is 0 Å². The van der Waals surface area contributed by atoms with Gasteiger partial charge in [0.1, 0.15) is 5.69 Å². The molecule has 0 saturated heterocycles. The fourth-order valence-electron chi connectivity index (χ4n) is 5.18. The van der Waals surface area contributed by atoms with Crippen LogP contribution in [-0.2, 0) is 41.6 Å². The lowest BCUT2D eigenvalue weighted by Crippen LogP contribution is -2.35. The number of hydrogen-bond donors (Lipinski definition) is 1. The van der Waals surface area contributed by atoms with E-state index in [-0.39, 0.29) is 24.3 Å². The monoisotopic (exact) mass is 635 g/mol. The number of nitrogens with one attached hydrogen (secondary N) is 1. The minimum atomic E-state index is -0.0652. The van der Waals surface area contributed by atoms with Crippen LogP contribution >= 0.6 is 0 Å². The van der Waals surface area contributed by atoms with Crippen LogP contribution in [0.5, 0.6) is 0 Å². The maximum atomic E-state index is 13.6. The van der Waals surface area contributed by atoms with Crippen LogP contribution in [0, 0.1) is 5.92 Å². The van der Waals surface area contributed by atoms with Crippen molar-refractivity contribution in [1.29, 1.82) is 0 Å². The lowest BCUT2D eigenvalue weighted by atomic mass is 9.95. The topological polar surface area (TPSA) is 117 Å². The number of anilines is 1. The molecule has 0 radical (unpaired) electrons. The summed E-state index contributed by atoms with van der Waals surface area (Å²) in [7, 11) is 0. The van der Waals surface area contributed by atoms with Crippen molar-refractivity contribution in [3.63, 3.8) is 0 Å². The Morgan fingerprint density at radius 3 is 2.20 bits per heavy atom. The summed E-state index contributed by atoms with van der Waals surface area (Å²) in [4.78, 5) is 27.7. The van der Waals surface area contributed by atoms with E-state index in [0.717, 1.165) is 34.5 Å². The maximum Gasteiger partial charge on any atom is 0.229 e. The second-order valence-electron chi connectivity index (χ2n) is 12.0. The molecular formula is C35H49N5O6. The Balaban J connectivity index is 1.37. The first kappa shape index (κ1) is 35.2. The van der Waals surface area contributed by atoms with E-state index in [2.05, 4.69) is 29.5 Å². The minimum absolute atomic E-state index is 0.0221. The van der Waals surface area contributed by atoms with Gasteiger partial charge in [-0.05, 0) is 37.8 Å². The maximum absolute atomic E-state index is 13.6. The normalized spacial score (nSPS) is 12.4. The highest BCUT2D eigenvalue weighted by Gasteiger charge is 2.28. The summed E-state index contributed by atoms with van der Waals surface area (Å²) in [5.74, 6) is 0.368. The van der Waals surface area contributed by atoms with Gasteiger partial charge in [-0.1, -0.05) is 61.5 Å². The molecule has 1 aliphatic heterocycles. The summed E-state index contributed by atoms with van der Waals surface area (Å²) in [5, 5.41) is 12.0. The van der Waals surface area contributed by atoms with E-state index in [4.69, 9.17) is 18.9 Å². The van der Waals surface area contributed by atoms with Crippen LogP contribution in [0.15, 0.2) is 48.5 Å². The Kier molecular flexibility index (Phi) is 14.2. The van der Waals surface area contributed by atoms with E-state index < -0.39 is 0 Å². The Labute approximate surface area is 272 Å². The number of fused-ring (bicyclic) bond motifs is 5. The molecule has 0 bridgehead atoms. The smallest absolute Gasteiger partial charge is 0.229 e. The third kappa shape index (κ3) is 10.4. The zero-order chi connectivity index (χ0) is 32.7. The van der Waals surface area contributed by atoms with Gasteiger partial charge in [0.2, 0.25) is 11.8 Å². The summed E-state index contributed by atoms with van der Waals surface area (Å²) in [5.41, 5.74) is 5.17. The average molecular weight is 636 g/mol. The fourth-order valence-corrected chi connectivity index (χ4v) is 5.18. The van der Waals surface area contributed by atoms with Crippen molar-refractivity contribution in [2.24, 2.45) is 5.92 Å². The van der Waals surface area contributed by atoms with Crippen molar-refractivity contribution in [2.75, 3.05) is 57.7 Å². The average Bonchev–Trinajstić information content (AvgIpc) is 3.45. The highest BCUT2D eigenvalue weighted by molar-refractivity contribution is 6.00. The number of carbonyl (C=O) groups excluding carboxylic acids is 2. The molecule has 2 amide bonds. The molecule has 2 heterocycles. The standard InChI is InChI=1S/C35H49N5O6/c1-26(2)13-14-32(41)36-16-15-33(42)39-25-28-9-5-6-10-29(28)35-34(30-11-7-8-12-31(30)39)37-38-40(35)17-18-43-19-20-44-21-22-45-23-24-46-27(3)4/h5-12,26-27H,13-25H2,1-4H3,(H,36,41). The molecule has 2 aromatic carbocycles. The van der Waals surface area contributed by atoms with Crippen LogP contribution < -0.4 is 10.2 Å². The van der Waals surface area contributed by atoms with Crippen LogP contribution in [0.3, 0.4) is 0 Å². The molecule has 0 fully saturated rings. The largest absolute Gasteiger partial charge is 0.377 e. The highest BCUT2D eigenvalue weighted by Crippen LogP contribution is 2.41. The van der Waals surface area contributed by atoms with Crippen molar-refractivity contribution in [2.45, 2.75) is 66.2 Å². The Bertz CT molecular complexity index is 1390. The van der Waals surface area contributed by atoms with Gasteiger partial charge in [0.05, 0.1) is 76.8 Å². The van der Waals surface area contributed by atoms with E-state index in [1.807, 2.05) is 67.1 Å². The zero-order valence-corrected chi connectivity index (χ0v) is 27.7. The SMILES string of the molecule is CC(C)CCC(=O)NCCC(=O)N1Cc2ccccc2-c2c(nnn2CCOCCOCCOCCOC(C)C)-c2ccccc21. The molecule has 1 aromatic heterocycles. The number of ether oxygens (including phenoxy) is 4. The van der Waals surface area contributed by atoms with E-state index in [1.165, 1.54) is 0 Å². The van der Waals surface area contributed by atoms with E-state index in [9.17, 15) is 9.59 Å². The second kappa shape index (κ2) is 18.5. The van der Waals surface area contributed by atoms with Crippen molar-refractivity contribution in [1.82, 2.24) is 20.3 Å². The number of benzene rings is 2. The summed E-state index contributed by atoms with van der Waals surface area (Å²) in [6, 6.07) is 15.8. The number of para-hydroxylation sites is 1. The second-order valence-corrected chi connectivity index (χ2v) is 12.0. The molecule has 250 valence electrons. The third-order valence-corrected chi connectivity index (χ3v) is 7.57. The highest BCUT2D eigenvalue weighted by atomic mass is 16.6. The summed E-state index contributed by atoms with van der Waals surface area (Å²) in [6.45, 7) is 12.9. The van der Waals surface area contributed by atoms with Crippen LogP contribution in [0.4, 0.5) is 5.69 Å². The van der Waals surface area contributed by atoms with Crippen LogP contribution in [-0.4, -0.2) is 85.7 Å². The molecule has 11 nitrogen and oxygen atoms in total. The number of carbonyl (C=O) groups is 2. The summed E-state index contributed by atoms with van der Waals surface area (Å²) < 4.78 is 24.3. The molecule has 0 saturated carbocycles. The summed E-state index contributed by atoms with van der Waals surface area (Å²) in [6.07, 6.45) is 1.70. The zero-order valence-electron chi connectivity index (χ0n) is 27.7. The van der Waals surface area contributed by atoms with Gasteiger partial charge in [-0.2, -0.15) is 0 Å². The molecule has 4 rings (SSSR count). The molecule has 46 heavy (non-hydrogen) atoms. The van der Waals surface area contributed by atoms with Gasteiger partial charge in [0, 0.05) is 30.5 Å². The Hall–Kier alpha value is -3.64. The van der Waals surface area contributed by atoms with E-state index in [0.29, 0.717) is 83.9 Å². The van der Waals surface area contributed by atoms with Gasteiger partial charge in [-0.25, -0.2) is 4.68 Å². The molecular weight excluding hydrogens is 586 g/mol. The van der Waals surface area contributed by atoms with E-state index >= 15 is 0 Å².